The zero-order valence-electron chi connectivity index (χ0n) is 9.88. The van der Waals surface area contributed by atoms with E-state index < -0.39 is 22.1 Å². The molecule has 20 heavy (non-hydrogen) atoms. The number of benzene rings is 1. The Bertz CT molecular complexity index is 763. The summed E-state index contributed by atoms with van der Waals surface area (Å²) in [6.07, 6.45) is 0. The van der Waals surface area contributed by atoms with Crippen LogP contribution in [0.25, 0.3) is 0 Å². The Morgan fingerprint density at radius 1 is 1.20 bits per heavy atom. The van der Waals surface area contributed by atoms with Crippen molar-refractivity contribution in [3.05, 3.63) is 66.8 Å². The van der Waals surface area contributed by atoms with Gasteiger partial charge in [-0.3, -0.25) is 29.7 Å². The highest BCUT2D eigenvalue weighted by atomic mass is 16.6. The van der Waals surface area contributed by atoms with E-state index >= 15 is 0 Å². The Morgan fingerprint density at radius 2 is 1.90 bits per heavy atom. The maximum Gasteiger partial charge on any atom is 0.327 e. The molecule has 0 unspecified atom stereocenters. The molecule has 1 aromatic carbocycles. The molecular formula is C11H8N4O5. The van der Waals surface area contributed by atoms with Gasteiger partial charge in [0.2, 0.25) is 0 Å². The second-order valence-electron chi connectivity index (χ2n) is 3.73. The Kier molecular flexibility index (Phi) is 3.42. The first kappa shape index (κ1) is 13.2. The number of nitro groups is 1. The van der Waals surface area contributed by atoms with Crippen molar-refractivity contribution in [2.75, 3.05) is 5.32 Å². The van der Waals surface area contributed by atoms with Gasteiger partial charge >= 0.3 is 5.69 Å². The van der Waals surface area contributed by atoms with Crippen LogP contribution in [0.5, 0.6) is 0 Å². The van der Waals surface area contributed by atoms with E-state index in [1.165, 1.54) is 24.3 Å². The molecule has 102 valence electrons. The number of nitrogens with zero attached hydrogens (tertiary/aromatic N) is 1. The number of carbonyl (C=O) groups excluding carboxylic acids is 1. The Labute approximate surface area is 110 Å². The number of para-hydroxylation sites is 1. The highest BCUT2D eigenvalue weighted by Crippen LogP contribution is 2.18. The summed E-state index contributed by atoms with van der Waals surface area (Å²) >= 11 is 0. The molecule has 0 saturated heterocycles. The molecule has 0 saturated carbocycles. The summed E-state index contributed by atoms with van der Waals surface area (Å²) in [7, 11) is 0. The monoisotopic (exact) mass is 276 g/mol. The van der Waals surface area contributed by atoms with Gasteiger partial charge in [-0.25, -0.2) is 4.79 Å². The van der Waals surface area contributed by atoms with Crippen LogP contribution in [0.4, 0.5) is 11.5 Å². The van der Waals surface area contributed by atoms with Crippen LogP contribution in [0.15, 0.2) is 39.9 Å². The molecule has 0 aliphatic carbocycles. The third-order valence-electron chi connectivity index (χ3n) is 2.35. The number of hydrogen-bond acceptors (Lipinski definition) is 5. The smallest absolute Gasteiger partial charge is 0.308 e. The van der Waals surface area contributed by atoms with Crippen molar-refractivity contribution < 1.29 is 9.72 Å². The van der Waals surface area contributed by atoms with Crippen LogP contribution >= 0.6 is 0 Å². The van der Waals surface area contributed by atoms with Gasteiger partial charge < -0.3 is 5.32 Å². The number of carbonyl (C=O) groups is 1. The standard InChI is InChI=1S/C11H8N4O5/c16-9-5-8(13-11(18)14-9)12-10(17)6-3-1-2-4-7(6)15(19)20/h1-5H,(H3,12,13,14,16,17,18). The van der Waals surface area contributed by atoms with E-state index in [1.807, 2.05) is 4.98 Å². The molecule has 2 rings (SSSR count). The molecule has 9 heteroatoms. The molecule has 3 N–H and O–H groups in total. The molecule has 0 aliphatic heterocycles. The van der Waals surface area contributed by atoms with E-state index in [-0.39, 0.29) is 17.1 Å². The lowest BCUT2D eigenvalue weighted by molar-refractivity contribution is -0.385. The summed E-state index contributed by atoms with van der Waals surface area (Å²) in [6.45, 7) is 0. The number of aromatic nitrogens is 2. The lowest BCUT2D eigenvalue weighted by atomic mass is 10.1. The fraction of sp³-hybridized carbons (Fsp3) is 0. The molecule has 0 atom stereocenters. The minimum atomic E-state index is -0.807. The van der Waals surface area contributed by atoms with Crippen molar-refractivity contribution >= 4 is 17.4 Å². The molecule has 1 amide bonds. The molecule has 2 aromatic rings. The highest BCUT2D eigenvalue weighted by Gasteiger charge is 2.19. The third kappa shape index (κ3) is 2.77. The van der Waals surface area contributed by atoms with Gasteiger partial charge in [-0.2, -0.15) is 0 Å². The van der Waals surface area contributed by atoms with Crippen molar-refractivity contribution in [2.24, 2.45) is 0 Å². The van der Waals surface area contributed by atoms with Crippen LogP contribution in [0, 0.1) is 10.1 Å². The molecule has 0 aliphatic rings. The van der Waals surface area contributed by atoms with Crippen molar-refractivity contribution in [1.29, 1.82) is 0 Å². The van der Waals surface area contributed by atoms with E-state index in [4.69, 9.17) is 0 Å². The summed E-state index contributed by atoms with van der Waals surface area (Å²) in [5.74, 6) is -0.958. The minimum absolute atomic E-state index is 0.151. The molecule has 9 nitrogen and oxygen atoms in total. The van der Waals surface area contributed by atoms with Crippen molar-refractivity contribution in [3.63, 3.8) is 0 Å². The van der Waals surface area contributed by atoms with Crippen molar-refractivity contribution in [3.8, 4) is 0 Å². The quantitative estimate of drug-likeness (QED) is 0.543. The summed E-state index contributed by atoms with van der Waals surface area (Å²) in [5, 5.41) is 13.0. The molecule has 1 heterocycles. The predicted octanol–water partition coefficient (Wildman–Crippen LogP) is 0.224. The SMILES string of the molecule is O=C(Nc1cc(=O)[nH]c(=O)[nH]1)c1ccccc1[N+](=O)[O-]. The fourth-order valence-corrected chi connectivity index (χ4v) is 1.55. The van der Waals surface area contributed by atoms with Gasteiger partial charge in [0.25, 0.3) is 17.2 Å². The van der Waals surface area contributed by atoms with Crippen molar-refractivity contribution in [1.82, 2.24) is 9.97 Å². The summed E-state index contributed by atoms with van der Waals surface area (Å²) in [6, 6.07) is 6.27. The zero-order valence-corrected chi connectivity index (χ0v) is 9.88. The van der Waals surface area contributed by atoms with Crippen molar-refractivity contribution in [2.45, 2.75) is 0 Å². The van der Waals surface area contributed by atoms with Gasteiger partial charge in [-0.1, -0.05) is 12.1 Å². The topological polar surface area (TPSA) is 138 Å². The molecule has 0 fully saturated rings. The maximum atomic E-state index is 11.9. The van der Waals surface area contributed by atoms with Crippen LogP contribution in [0.2, 0.25) is 0 Å². The molecule has 0 bridgehead atoms. The average molecular weight is 276 g/mol. The summed E-state index contributed by atoms with van der Waals surface area (Å²) in [5.41, 5.74) is -2.06. The lowest BCUT2D eigenvalue weighted by Gasteiger charge is -2.04. The Morgan fingerprint density at radius 3 is 2.55 bits per heavy atom. The number of rotatable bonds is 3. The number of anilines is 1. The van der Waals surface area contributed by atoms with E-state index in [0.717, 1.165) is 6.07 Å². The van der Waals surface area contributed by atoms with E-state index in [1.54, 1.807) is 0 Å². The first-order chi connectivity index (χ1) is 9.47. The van der Waals surface area contributed by atoms with Gasteiger partial charge in [0.15, 0.2) is 0 Å². The highest BCUT2D eigenvalue weighted by molar-refractivity contribution is 6.06. The molecular weight excluding hydrogens is 268 g/mol. The lowest BCUT2D eigenvalue weighted by Crippen LogP contribution is -2.25. The summed E-state index contributed by atoms with van der Waals surface area (Å²) < 4.78 is 0. The minimum Gasteiger partial charge on any atom is -0.308 e. The number of H-pyrrole nitrogens is 2. The Hall–Kier alpha value is -3.23. The van der Waals surface area contributed by atoms with Crippen LogP contribution in [-0.2, 0) is 0 Å². The van der Waals surface area contributed by atoms with E-state index in [9.17, 15) is 24.5 Å². The first-order valence-corrected chi connectivity index (χ1v) is 5.36. The van der Waals surface area contributed by atoms with E-state index in [2.05, 4.69) is 10.3 Å². The van der Waals surface area contributed by atoms with Gasteiger partial charge in [-0.05, 0) is 6.07 Å². The predicted molar refractivity (Wildman–Crippen MR) is 68.7 cm³/mol. The fourth-order valence-electron chi connectivity index (χ4n) is 1.55. The molecule has 0 spiro atoms. The molecule has 1 aromatic heterocycles. The first-order valence-electron chi connectivity index (χ1n) is 5.36. The van der Waals surface area contributed by atoms with Crippen LogP contribution in [0.1, 0.15) is 10.4 Å². The largest absolute Gasteiger partial charge is 0.327 e. The van der Waals surface area contributed by atoms with Crippen LogP contribution < -0.4 is 16.6 Å². The number of hydrogen-bond donors (Lipinski definition) is 3. The average Bonchev–Trinajstić information content (AvgIpc) is 2.37. The zero-order chi connectivity index (χ0) is 14.7. The number of aromatic amines is 2. The number of nitro benzene ring substituents is 1. The number of amides is 1. The van der Waals surface area contributed by atoms with Crippen LogP contribution in [0.3, 0.4) is 0 Å². The van der Waals surface area contributed by atoms with E-state index in [0.29, 0.717) is 0 Å². The van der Waals surface area contributed by atoms with Gasteiger partial charge in [0.05, 0.1) is 4.92 Å². The van der Waals surface area contributed by atoms with Gasteiger partial charge in [0, 0.05) is 12.1 Å². The summed E-state index contributed by atoms with van der Waals surface area (Å²) in [4.78, 5) is 48.2. The normalized spacial score (nSPS) is 10.0. The third-order valence-corrected chi connectivity index (χ3v) is 2.35. The van der Waals surface area contributed by atoms with Gasteiger partial charge in [-0.15, -0.1) is 0 Å². The second kappa shape index (κ2) is 5.18. The maximum absolute atomic E-state index is 11.9. The van der Waals surface area contributed by atoms with Crippen LogP contribution in [-0.4, -0.2) is 20.8 Å². The molecule has 0 radical (unpaired) electrons. The second-order valence-corrected chi connectivity index (χ2v) is 3.73. The van der Waals surface area contributed by atoms with Gasteiger partial charge in [0.1, 0.15) is 11.4 Å². The number of nitrogens with one attached hydrogen (secondary N) is 3. The Balaban J connectivity index is 2.36.